The van der Waals surface area contributed by atoms with Crippen molar-refractivity contribution in [1.29, 1.82) is 0 Å². The molecule has 0 aliphatic carbocycles. The van der Waals surface area contributed by atoms with Gasteiger partial charge < -0.3 is 5.32 Å². The predicted molar refractivity (Wildman–Crippen MR) is 38.4 cm³/mol. The van der Waals surface area contributed by atoms with Gasteiger partial charge in [-0.3, -0.25) is 0 Å². The molecular formula is C7H15F2N. The zero-order valence-electron chi connectivity index (χ0n) is 6.75. The maximum Gasteiger partial charge on any atom is 0.260 e. The molecule has 0 amide bonds. The highest BCUT2D eigenvalue weighted by Gasteiger charge is 2.28. The predicted octanol–water partition coefficient (Wildman–Crippen LogP) is 2.03. The molecule has 62 valence electrons. The number of hydrogen-bond donors (Lipinski definition) is 1. The van der Waals surface area contributed by atoms with E-state index in [1.165, 1.54) is 6.92 Å². The summed E-state index contributed by atoms with van der Waals surface area (Å²) in [5.74, 6) is -2.60. The highest BCUT2D eigenvalue weighted by atomic mass is 19.3. The van der Waals surface area contributed by atoms with Gasteiger partial charge in [0.1, 0.15) is 0 Å². The number of alkyl halides is 2. The van der Waals surface area contributed by atoms with Crippen LogP contribution in [-0.4, -0.2) is 18.5 Å². The lowest BCUT2D eigenvalue weighted by Gasteiger charge is -2.19. The fraction of sp³-hybridized carbons (Fsp3) is 1.00. The van der Waals surface area contributed by atoms with Gasteiger partial charge in [0.25, 0.3) is 5.92 Å². The summed E-state index contributed by atoms with van der Waals surface area (Å²) in [7, 11) is 0. The second-order valence-electron chi connectivity index (χ2n) is 2.63. The number of nitrogens with one attached hydrogen (secondary N) is 1. The van der Waals surface area contributed by atoms with Gasteiger partial charge in [-0.1, -0.05) is 6.92 Å². The van der Waals surface area contributed by atoms with Crippen LogP contribution in [0.1, 0.15) is 27.2 Å². The van der Waals surface area contributed by atoms with E-state index in [0.717, 1.165) is 13.3 Å². The molecule has 0 spiro atoms. The number of hydrogen-bond acceptors (Lipinski definition) is 1. The van der Waals surface area contributed by atoms with Crippen molar-refractivity contribution in [3.63, 3.8) is 0 Å². The molecule has 0 aromatic rings. The topological polar surface area (TPSA) is 12.0 Å². The third-order valence-electron chi connectivity index (χ3n) is 1.46. The van der Waals surface area contributed by atoms with Gasteiger partial charge >= 0.3 is 0 Å². The van der Waals surface area contributed by atoms with Gasteiger partial charge in [-0.2, -0.15) is 0 Å². The molecule has 0 saturated carbocycles. The van der Waals surface area contributed by atoms with Crippen molar-refractivity contribution < 1.29 is 8.78 Å². The van der Waals surface area contributed by atoms with E-state index in [0.29, 0.717) is 6.54 Å². The Morgan fingerprint density at radius 3 is 2.30 bits per heavy atom. The van der Waals surface area contributed by atoms with Gasteiger partial charge in [-0.05, 0) is 19.9 Å². The lowest BCUT2D eigenvalue weighted by atomic mass is 10.2. The SMILES string of the molecule is CCCNC(C)C(C)(F)F. The van der Waals surface area contributed by atoms with E-state index in [2.05, 4.69) is 5.32 Å². The second-order valence-corrected chi connectivity index (χ2v) is 2.63. The maximum absolute atomic E-state index is 12.4. The maximum atomic E-state index is 12.4. The molecule has 0 aliphatic heterocycles. The summed E-state index contributed by atoms with van der Waals surface area (Å²) < 4.78 is 24.8. The Balaban J connectivity index is 3.52. The average Bonchev–Trinajstić information content (AvgIpc) is 1.80. The first kappa shape index (κ1) is 9.82. The molecule has 0 rings (SSSR count). The van der Waals surface area contributed by atoms with Crippen LogP contribution in [0.2, 0.25) is 0 Å². The molecule has 1 atom stereocenters. The first-order chi connectivity index (χ1) is 4.48. The van der Waals surface area contributed by atoms with Crippen LogP contribution < -0.4 is 5.32 Å². The standard InChI is InChI=1S/C7H15F2N/c1-4-5-10-6(2)7(3,8)9/h6,10H,4-5H2,1-3H3. The van der Waals surface area contributed by atoms with Crippen molar-refractivity contribution in [2.45, 2.75) is 39.2 Å². The Kier molecular flexibility index (Phi) is 3.79. The van der Waals surface area contributed by atoms with E-state index in [4.69, 9.17) is 0 Å². The molecule has 0 heterocycles. The summed E-state index contributed by atoms with van der Waals surface area (Å²) in [4.78, 5) is 0. The van der Waals surface area contributed by atoms with Gasteiger partial charge in [0.15, 0.2) is 0 Å². The summed E-state index contributed by atoms with van der Waals surface area (Å²) in [6, 6.07) is -0.715. The van der Waals surface area contributed by atoms with Crippen LogP contribution in [0.3, 0.4) is 0 Å². The molecule has 3 heteroatoms. The van der Waals surface area contributed by atoms with E-state index in [1.54, 1.807) is 0 Å². The summed E-state index contributed by atoms with van der Waals surface area (Å²) in [5.41, 5.74) is 0. The van der Waals surface area contributed by atoms with Gasteiger partial charge in [0, 0.05) is 6.92 Å². The molecule has 0 radical (unpaired) electrons. The quantitative estimate of drug-likeness (QED) is 0.648. The largest absolute Gasteiger partial charge is 0.309 e. The Morgan fingerprint density at radius 1 is 1.50 bits per heavy atom. The van der Waals surface area contributed by atoms with Gasteiger partial charge in [-0.15, -0.1) is 0 Å². The van der Waals surface area contributed by atoms with E-state index in [-0.39, 0.29) is 0 Å². The third-order valence-corrected chi connectivity index (χ3v) is 1.46. The van der Waals surface area contributed by atoms with Crippen LogP contribution in [0, 0.1) is 0 Å². The zero-order chi connectivity index (χ0) is 8.20. The highest BCUT2D eigenvalue weighted by molar-refractivity contribution is 4.73. The van der Waals surface area contributed by atoms with Crippen LogP contribution in [0.15, 0.2) is 0 Å². The Hall–Kier alpha value is -0.180. The Morgan fingerprint density at radius 2 is 2.00 bits per heavy atom. The van der Waals surface area contributed by atoms with Crippen LogP contribution in [0.25, 0.3) is 0 Å². The van der Waals surface area contributed by atoms with Gasteiger partial charge in [-0.25, -0.2) is 8.78 Å². The first-order valence-electron chi connectivity index (χ1n) is 3.59. The minimum Gasteiger partial charge on any atom is -0.309 e. The van der Waals surface area contributed by atoms with E-state index >= 15 is 0 Å². The molecule has 10 heavy (non-hydrogen) atoms. The summed E-state index contributed by atoms with van der Waals surface area (Å²) in [5, 5.41) is 2.72. The molecule has 0 fully saturated rings. The lowest BCUT2D eigenvalue weighted by Crippen LogP contribution is -2.40. The van der Waals surface area contributed by atoms with Crippen molar-refractivity contribution in [1.82, 2.24) is 5.32 Å². The number of rotatable bonds is 4. The summed E-state index contributed by atoms with van der Waals surface area (Å²) in [6.07, 6.45) is 0.889. The Labute approximate surface area is 60.8 Å². The molecule has 1 N–H and O–H groups in total. The van der Waals surface area contributed by atoms with Gasteiger partial charge in [0.05, 0.1) is 6.04 Å². The minimum absolute atomic E-state index is 0.657. The molecule has 0 bridgehead atoms. The normalized spacial score (nSPS) is 15.3. The molecule has 0 saturated heterocycles. The smallest absolute Gasteiger partial charge is 0.260 e. The minimum atomic E-state index is -2.60. The highest BCUT2D eigenvalue weighted by Crippen LogP contribution is 2.16. The first-order valence-corrected chi connectivity index (χ1v) is 3.59. The van der Waals surface area contributed by atoms with E-state index in [9.17, 15) is 8.78 Å². The Bertz CT molecular complexity index is 88.1. The van der Waals surface area contributed by atoms with Crippen molar-refractivity contribution in [2.24, 2.45) is 0 Å². The van der Waals surface area contributed by atoms with Gasteiger partial charge in [0.2, 0.25) is 0 Å². The molecular weight excluding hydrogens is 136 g/mol. The van der Waals surface area contributed by atoms with Crippen LogP contribution >= 0.6 is 0 Å². The van der Waals surface area contributed by atoms with Crippen molar-refractivity contribution in [3.05, 3.63) is 0 Å². The average molecular weight is 151 g/mol. The van der Waals surface area contributed by atoms with E-state index in [1.807, 2.05) is 6.92 Å². The molecule has 1 unspecified atom stereocenters. The fourth-order valence-electron chi connectivity index (χ4n) is 0.540. The second kappa shape index (κ2) is 3.86. The van der Waals surface area contributed by atoms with Crippen LogP contribution in [0.4, 0.5) is 8.78 Å². The lowest BCUT2D eigenvalue weighted by molar-refractivity contribution is -0.0118. The van der Waals surface area contributed by atoms with Crippen LogP contribution in [-0.2, 0) is 0 Å². The fourth-order valence-corrected chi connectivity index (χ4v) is 0.540. The molecule has 1 nitrogen and oxygen atoms in total. The van der Waals surface area contributed by atoms with Crippen LogP contribution in [0.5, 0.6) is 0 Å². The van der Waals surface area contributed by atoms with E-state index < -0.39 is 12.0 Å². The van der Waals surface area contributed by atoms with Crippen molar-refractivity contribution >= 4 is 0 Å². The summed E-state index contributed by atoms with van der Waals surface area (Å²) >= 11 is 0. The molecule has 0 aliphatic rings. The van der Waals surface area contributed by atoms with Crippen molar-refractivity contribution in [2.75, 3.05) is 6.54 Å². The third kappa shape index (κ3) is 3.77. The monoisotopic (exact) mass is 151 g/mol. The van der Waals surface area contributed by atoms with Crippen molar-refractivity contribution in [3.8, 4) is 0 Å². The zero-order valence-corrected chi connectivity index (χ0v) is 6.75. The summed E-state index contributed by atoms with van der Waals surface area (Å²) in [6.45, 7) is 5.04. The molecule has 0 aromatic carbocycles. The number of halogens is 2. The molecule has 0 aromatic heterocycles.